The number of halogens is 1. The van der Waals surface area contributed by atoms with Crippen LogP contribution in [0.3, 0.4) is 0 Å². The first kappa shape index (κ1) is 19.1. The quantitative estimate of drug-likeness (QED) is 0.606. The number of pyridine rings is 1. The van der Waals surface area contributed by atoms with Crippen molar-refractivity contribution in [2.45, 2.75) is 19.4 Å². The van der Waals surface area contributed by atoms with Gasteiger partial charge >= 0.3 is 0 Å². The van der Waals surface area contributed by atoms with Crippen LogP contribution in [0.25, 0.3) is 0 Å². The lowest BCUT2D eigenvalue weighted by Gasteiger charge is -2.07. The third-order valence-corrected chi connectivity index (χ3v) is 5.29. The zero-order valence-electron chi connectivity index (χ0n) is 15.4. The molecule has 0 saturated heterocycles. The Morgan fingerprint density at radius 3 is 2.76 bits per heavy atom. The number of carbonyl (C=O) groups is 2. The van der Waals surface area contributed by atoms with Crippen molar-refractivity contribution in [1.29, 1.82) is 0 Å². The number of nitrogens with zero attached hydrogens (tertiary/aromatic N) is 1. The Labute approximate surface area is 170 Å². The maximum Gasteiger partial charge on any atom is 0.261 e. The Bertz CT molecular complexity index is 1030. The van der Waals surface area contributed by atoms with Gasteiger partial charge in [0.05, 0.1) is 9.88 Å². The van der Waals surface area contributed by atoms with Crippen LogP contribution in [0.4, 0.5) is 9.39 Å². The largest absolute Gasteiger partial charge is 0.439 e. The van der Waals surface area contributed by atoms with E-state index in [1.807, 2.05) is 0 Å². The van der Waals surface area contributed by atoms with Crippen LogP contribution in [0.1, 0.15) is 28.1 Å². The van der Waals surface area contributed by atoms with Gasteiger partial charge in [0, 0.05) is 30.8 Å². The predicted octanol–water partition coefficient (Wildman–Crippen LogP) is 4.35. The molecule has 0 spiro atoms. The molecule has 2 heterocycles. The van der Waals surface area contributed by atoms with E-state index in [2.05, 4.69) is 15.6 Å². The van der Waals surface area contributed by atoms with E-state index in [0.717, 1.165) is 18.4 Å². The Kier molecular flexibility index (Phi) is 5.53. The summed E-state index contributed by atoms with van der Waals surface area (Å²) in [5.41, 5.74) is 0.795. The molecule has 2 N–H and O–H groups in total. The highest BCUT2D eigenvalue weighted by molar-refractivity contribution is 7.18. The van der Waals surface area contributed by atoms with Crippen molar-refractivity contribution < 1.29 is 18.7 Å². The number of aromatic nitrogens is 1. The molecule has 1 saturated carbocycles. The number of hydrogen-bond donors (Lipinski definition) is 2. The number of nitrogens with one attached hydrogen (secondary N) is 2. The fourth-order valence-electron chi connectivity index (χ4n) is 2.59. The lowest BCUT2D eigenvalue weighted by Crippen LogP contribution is -2.21. The van der Waals surface area contributed by atoms with Gasteiger partial charge in [0.1, 0.15) is 11.6 Å². The van der Waals surface area contributed by atoms with Crippen molar-refractivity contribution in [1.82, 2.24) is 10.3 Å². The van der Waals surface area contributed by atoms with Crippen LogP contribution >= 0.6 is 11.3 Å². The van der Waals surface area contributed by atoms with E-state index < -0.39 is 0 Å². The van der Waals surface area contributed by atoms with Gasteiger partial charge in [0.15, 0.2) is 0 Å². The summed E-state index contributed by atoms with van der Waals surface area (Å²) in [6.45, 7) is 0.299. The molecule has 1 fully saturated rings. The van der Waals surface area contributed by atoms with Gasteiger partial charge in [-0.25, -0.2) is 9.37 Å². The highest BCUT2D eigenvalue weighted by atomic mass is 32.1. The molecule has 148 valence electrons. The van der Waals surface area contributed by atoms with E-state index in [4.69, 9.17) is 4.74 Å². The van der Waals surface area contributed by atoms with Crippen molar-refractivity contribution >= 4 is 28.2 Å². The van der Waals surface area contributed by atoms with E-state index in [-0.39, 0.29) is 23.5 Å². The van der Waals surface area contributed by atoms with E-state index >= 15 is 0 Å². The third-order valence-electron chi connectivity index (χ3n) is 4.29. The van der Waals surface area contributed by atoms with E-state index in [0.29, 0.717) is 28.1 Å². The van der Waals surface area contributed by atoms with Gasteiger partial charge in [0.25, 0.3) is 5.91 Å². The molecule has 0 unspecified atom stereocenters. The summed E-state index contributed by atoms with van der Waals surface area (Å²) in [7, 11) is 0. The zero-order valence-corrected chi connectivity index (χ0v) is 16.2. The first-order valence-corrected chi connectivity index (χ1v) is 9.96. The molecule has 8 heteroatoms. The number of benzene rings is 1. The van der Waals surface area contributed by atoms with Gasteiger partial charge < -0.3 is 15.4 Å². The summed E-state index contributed by atoms with van der Waals surface area (Å²) < 4.78 is 18.7. The number of hydrogen-bond acceptors (Lipinski definition) is 5. The summed E-state index contributed by atoms with van der Waals surface area (Å²) >= 11 is 1.24. The summed E-state index contributed by atoms with van der Waals surface area (Å²) in [6, 6.07) is 12.7. The Balaban J connectivity index is 1.29. The fourth-order valence-corrected chi connectivity index (χ4v) is 3.42. The van der Waals surface area contributed by atoms with Crippen LogP contribution in [-0.2, 0) is 11.3 Å². The summed E-state index contributed by atoms with van der Waals surface area (Å²) in [4.78, 5) is 28.8. The Hall–Kier alpha value is -3.26. The van der Waals surface area contributed by atoms with Crippen LogP contribution in [-0.4, -0.2) is 16.8 Å². The maximum absolute atomic E-state index is 13.2. The first-order chi connectivity index (χ1) is 14.1. The standard InChI is InChI=1S/C21H18FN3O3S/c22-15-2-1-3-16(10-15)28-18-8-4-13(11-23-18)12-24-21(27)17-7-9-19(29-17)25-20(26)14-5-6-14/h1-4,7-11,14H,5-6,12H2,(H,24,27)(H,25,26). The molecule has 2 amide bonds. The van der Waals surface area contributed by atoms with Crippen LogP contribution in [0.5, 0.6) is 11.6 Å². The van der Waals surface area contributed by atoms with E-state index in [1.54, 1.807) is 42.6 Å². The van der Waals surface area contributed by atoms with E-state index in [9.17, 15) is 14.0 Å². The second kappa shape index (κ2) is 8.40. The second-order valence-corrected chi connectivity index (χ2v) is 7.76. The van der Waals surface area contributed by atoms with Crippen molar-refractivity contribution in [3.8, 4) is 11.6 Å². The molecule has 0 atom stereocenters. The monoisotopic (exact) mass is 411 g/mol. The van der Waals surface area contributed by atoms with Gasteiger partial charge in [-0.3, -0.25) is 9.59 Å². The molecule has 0 aliphatic heterocycles. The summed E-state index contributed by atoms with van der Waals surface area (Å²) in [5.74, 6) is 0.230. The number of thiophene rings is 1. The molecule has 0 radical (unpaired) electrons. The number of rotatable bonds is 7. The highest BCUT2D eigenvalue weighted by Crippen LogP contribution is 2.31. The van der Waals surface area contributed by atoms with Crippen LogP contribution in [0, 0.1) is 11.7 Å². The molecule has 2 aromatic heterocycles. The van der Waals surface area contributed by atoms with Gasteiger partial charge in [-0.1, -0.05) is 12.1 Å². The fraction of sp³-hybridized carbons (Fsp3) is 0.190. The molecular weight excluding hydrogens is 393 g/mol. The molecular formula is C21H18FN3O3S. The maximum atomic E-state index is 13.2. The summed E-state index contributed by atoms with van der Waals surface area (Å²) in [5, 5.41) is 6.33. The zero-order chi connectivity index (χ0) is 20.2. The molecule has 6 nitrogen and oxygen atoms in total. The average molecular weight is 411 g/mol. The normalized spacial score (nSPS) is 13.0. The third kappa shape index (κ3) is 5.17. The van der Waals surface area contributed by atoms with Crippen molar-refractivity contribution in [3.63, 3.8) is 0 Å². The van der Waals surface area contributed by atoms with Crippen LogP contribution < -0.4 is 15.4 Å². The number of amides is 2. The molecule has 29 heavy (non-hydrogen) atoms. The molecule has 3 aromatic rings. The lowest BCUT2D eigenvalue weighted by molar-refractivity contribution is -0.117. The minimum Gasteiger partial charge on any atom is -0.439 e. The molecule has 1 aromatic carbocycles. The Morgan fingerprint density at radius 1 is 1.17 bits per heavy atom. The van der Waals surface area contributed by atoms with Gasteiger partial charge in [0.2, 0.25) is 11.8 Å². The van der Waals surface area contributed by atoms with Crippen molar-refractivity contribution in [3.05, 3.63) is 71.0 Å². The average Bonchev–Trinajstić information content (AvgIpc) is 3.47. The minimum absolute atomic E-state index is 0.0189. The first-order valence-electron chi connectivity index (χ1n) is 9.14. The smallest absolute Gasteiger partial charge is 0.261 e. The number of carbonyl (C=O) groups excluding carboxylic acids is 2. The molecule has 1 aliphatic carbocycles. The second-order valence-electron chi connectivity index (χ2n) is 6.67. The Morgan fingerprint density at radius 2 is 2.03 bits per heavy atom. The predicted molar refractivity (Wildman–Crippen MR) is 108 cm³/mol. The minimum atomic E-state index is -0.384. The van der Waals surface area contributed by atoms with Crippen molar-refractivity contribution in [2.24, 2.45) is 5.92 Å². The molecule has 1 aliphatic rings. The van der Waals surface area contributed by atoms with Gasteiger partial charge in [-0.2, -0.15) is 0 Å². The summed E-state index contributed by atoms with van der Waals surface area (Å²) in [6.07, 6.45) is 3.46. The molecule has 0 bridgehead atoms. The lowest BCUT2D eigenvalue weighted by atomic mass is 10.3. The van der Waals surface area contributed by atoms with Crippen LogP contribution in [0.15, 0.2) is 54.7 Å². The van der Waals surface area contributed by atoms with Crippen molar-refractivity contribution in [2.75, 3.05) is 5.32 Å². The van der Waals surface area contributed by atoms with E-state index in [1.165, 1.54) is 23.5 Å². The van der Waals surface area contributed by atoms with Gasteiger partial charge in [-0.15, -0.1) is 11.3 Å². The number of ether oxygens (including phenoxy) is 1. The SMILES string of the molecule is O=C(NCc1ccc(Oc2cccc(F)c2)nc1)c1ccc(NC(=O)C2CC2)s1. The molecule has 4 rings (SSSR count). The highest BCUT2D eigenvalue weighted by Gasteiger charge is 2.29. The topological polar surface area (TPSA) is 80.3 Å². The van der Waals surface area contributed by atoms with Gasteiger partial charge in [-0.05, 0) is 42.7 Å². The van der Waals surface area contributed by atoms with Crippen LogP contribution in [0.2, 0.25) is 0 Å². The number of anilines is 1.